The molecule has 3 fully saturated rings. The van der Waals surface area contributed by atoms with Gasteiger partial charge in [-0.15, -0.1) is 12.4 Å². The Bertz CT molecular complexity index is 367. The van der Waals surface area contributed by atoms with E-state index in [4.69, 9.17) is 0 Å². The lowest BCUT2D eigenvalue weighted by Gasteiger charge is -2.40. The average Bonchev–Trinajstić information content (AvgIpc) is 3.12. The van der Waals surface area contributed by atoms with E-state index < -0.39 is 0 Å². The summed E-state index contributed by atoms with van der Waals surface area (Å²) in [5.74, 6) is 0.829. The normalized spacial score (nSPS) is 35.5. The van der Waals surface area contributed by atoms with Crippen LogP contribution >= 0.6 is 12.4 Å². The first kappa shape index (κ1) is 16.1. The maximum absolute atomic E-state index is 12.7. The fourth-order valence-corrected chi connectivity index (χ4v) is 4.19. The Labute approximate surface area is 129 Å². The van der Waals surface area contributed by atoms with Crippen molar-refractivity contribution in [3.8, 4) is 0 Å². The topological polar surface area (TPSA) is 32.3 Å². The fourth-order valence-electron chi connectivity index (χ4n) is 4.19. The quantitative estimate of drug-likeness (QED) is 0.850. The maximum atomic E-state index is 12.7. The van der Waals surface area contributed by atoms with Crippen LogP contribution in [0.15, 0.2) is 0 Å². The molecule has 20 heavy (non-hydrogen) atoms. The molecule has 1 aliphatic carbocycles. The molecule has 4 heteroatoms. The van der Waals surface area contributed by atoms with Crippen LogP contribution in [0.1, 0.15) is 52.4 Å². The van der Waals surface area contributed by atoms with Gasteiger partial charge < -0.3 is 10.2 Å². The molecular weight excluding hydrogens is 272 g/mol. The molecule has 2 atom stereocenters. The van der Waals surface area contributed by atoms with Crippen molar-refractivity contribution in [1.29, 1.82) is 0 Å². The standard InChI is InChI=1S/C16H28N2O.ClH/c1-3-15(2)5-4-10-18(12-15)14(19)13-11-16(13)6-8-17-9-7-16;/h13,17H,3-12H2,1-2H3;1H. The number of nitrogens with zero attached hydrogens (tertiary/aromatic N) is 1. The van der Waals surface area contributed by atoms with Crippen molar-refractivity contribution >= 4 is 18.3 Å². The zero-order chi connectivity index (χ0) is 13.5. The van der Waals surface area contributed by atoms with Gasteiger partial charge in [0.25, 0.3) is 0 Å². The second-order valence-corrected chi connectivity index (χ2v) is 7.40. The number of piperidine rings is 2. The second-order valence-electron chi connectivity index (χ2n) is 7.40. The number of carbonyl (C=O) groups is 1. The molecule has 0 radical (unpaired) electrons. The van der Waals surface area contributed by atoms with Crippen molar-refractivity contribution in [2.75, 3.05) is 26.2 Å². The third kappa shape index (κ3) is 2.85. The van der Waals surface area contributed by atoms with E-state index in [0.29, 0.717) is 22.7 Å². The van der Waals surface area contributed by atoms with E-state index in [0.717, 1.165) is 32.6 Å². The zero-order valence-electron chi connectivity index (χ0n) is 12.9. The first-order valence-electron chi connectivity index (χ1n) is 8.08. The Morgan fingerprint density at radius 3 is 2.65 bits per heavy atom. The number of likely N-dealkylation sites (tertiary alicyclic amines) is 1. The van der Waals surface area contributed by atoms with Crippen LogP contribution in [0.5, 0.6) is 0 Å². The van der Waals surface area contributed by atoms with E-state index in [9.17, 15) is 4.79 Å². The van der Waals surface area contributed by atoms with Gasteiger partial charge in [-0.1, -0.05) is 13.8 Å². The highest BCUT2D eigenvalue weighted by molar-refractivity contribution is 5.85. The van der Waals surface area contributed by atoms with E-state index in [-0.39, 0.29) is 12.4 Å². The van der Waals surface area contributed by atoms with E-state index in [2.05, 4.69) is 24.1 Å². The number of nitrogens with one attached hydrogen (secondary N) is 1. The molecule has 1 amide bonds. The first-order chi connectivity index (χ1) is 9.09. The van der Waals surface area contributed by atoms with Crippen LogP contribution in [0.4, 0.5) is 0 Å². The number of rotatable bonds is 2. The molecule has 3 rings (SSSR count). The monoisotopic (exact) mass is 300 g/mol. The van der Waals surface area contributed by atoms with Crippen LogP contribution in [0.25, 0.3) is 0 Å². The number of carbonyl (C=O) groups excluding carboxylic acids is 1. The molecule has 2 aliphatic heterocycles. The van der Waals surface area contributed by atoms with Gasteiger partial charge in [0.05, 0.1) is 0 Å². The van der Waals surface area contributed by atoms with Crippen molar-refractivity contribution in [1.82, 2.24) is 10.2 Å². The molecule has 0 aromatic rings. The Morgan fingerprint density at radius 2 is 2.00 bits per heavy atom. The molecule has 1 N–H and O–H groups in total. The number of hydrogen-bond donors (Lipinski definition) is 1. The van der Waals surface area contributed by atoms with Crippen LogP contribution in [-0.4, -0.2) is 37.0 Å². The summed E-state index contributed by atoms with van der Waals surface area (Å²) >= 11 is 0. The Morgan fingerprint density at radius 1 is 1.30 bits per heavy atom. The summed E-state index contributed by atoms with van der Waals surface area (Å²) < 4.78 is 0. The summed E-state index contributed by atoms with van der Waals surface area (Å²) in [6.45, 7) is 8.82. The van der Waals surface area contributed by atoms with E-state index in [1.807, 2.05) is 0 Å². The van der Waals surface area contributed by atoms with E-state index >= 15 is 0 Å². The average molecular weight is 301 g/mol. The van der Waals surface area contributed by atoms with Gasteiger partial charge in [0.1, 0.15) is 0 Å². The Hall–Kier alpha value is -0.280. The Balaban J connectivity index is 0.00000147. The smallest absolute Gasteiger partial charge is 0.226 e. The molecule has 0 aromatic carbocycles. The Kier molecular flexibility index (Phi) is 4.70. The largest absolute Gasteiger partial charge is 0.342 e. The van der Waals surface area contributed by atoms with Crippen LogP contribution in [0.2, 0.25) is 0 Å². The maximum Gasteiger partial charge on any atom is 0.226 e. The number of halogens is 1. The van der Waals surface area contributed by atoms with Crippen molar-refractivity contribution in [3.05, 3.63) is 0 Å². The van der Waals surface area contributed by atoms with E-state index in [1.54, 1.807) is 0 Å². The van der Waals surface area contributed by atoms with Crippen molar-refractivity contribution in [2.45, 2.75) is 52.4 Å². The van der Waals surface area contributed by atoms with Gasteiger partial charge in [0.2, 0.25) is 5.91 Å². The van der Waals surface area contributed by atoms with Gasteiger partial charge in [0, 0.05) is 19.0 Å². The molecule has 0 bridgehead atoms. The fraction of sp³-hybridized carbons (Fsp3) is 0.938. The molecule has 2 heterocycles. The summed E-state index contributed by atoms with van der Waals surface area (Å²) in [6.07, 6.45) is 7.25. The van der Waals surface area contributed by atoms with Gasteiger partial charge in [-0.25, -0.2) is 0 Å². The molecule has 3 nitrogen and oxygen atoms in total. The van der Waals surface area contributed by atoms with Gasteiger partial charge in [0.15, 0.2) is 0 Å². The highest BCUT2D eigenvalue weighted by Crippen LogP contribution is 2.59. The molecule has 3 aliphatic rings. The number of hydrogen-bond acceptors (Lipinski definition) is 2. The highest BCUT2D eigenvalue weighted by Gasteiger charge is 2.58. The summed E-state index contributed by atoms with van der Waals surface area (Å²) in [6, 6.07) is 0. The third-order valence-corrected chi connectivity index (χ3v) is 6.03. The molecule has 1 spiro atoms. The van der Waals surface area contributed by atoms with Gasteiger partial charge in [-0.3, -0.25) is 4.79 Å². The van der Waals surface area contributed by atoms with Gasteiger partial charge in [-0.2, -0.15) is 0 Å². The summed E-state index contributed by atoms with van der Waals surface area (Å²) in [5, 5.41) is 3.42. The second kappa shape index (κ2) is 5.84. The van der Waals surface area contributed by atoms with Crippen LogP contribution in [0.3, 0.4) is 0 Å². The van der Waals surface area contributed by atoms with Crippen LogP contribution in [0, 0.1) is 16.7 Å². The minimum absolute atomic E-state index is 0. The molecular formula is C16H29ClN2O. The van der Waals surface area contributed by atoms with E-state index in [1.165, 1.54) is 32.1 Å². The van der Waals surface area contributed by atoms with Gasteiger partial charge >= 0.3 is 0 Å². The molecule has 0 aromatic heterocycles. The predicted molar refractivity (Wildman–Crippen MR) is 84.1 cm³/mol. The third-order valence-electron chi connectivity index (χ3n) is 6.03. The van der Waals surface area contributed by atoms with Crippen LogP contribution in [-0.2, 0) is 4.79 Å². The number of amides is 1. The molecule has 116 valence electrons. The van der Waals surface area contributed by atoms with Gasteiger partial charge in [-0.05, 0) is 62.4 Å². The van der Waals surface area contributed by atoms with Crippen molar-refractivity contribution in [3.63, 3.8) is 0 Å². The first-order valence-corrected chi connectivity index (χ1v) is 8.08. The summed E-state index contributed by atoms with van der Waals surface area (Å²) in [5.41, 5.74) is 0.756. The summed E-state index contributed by atoms with van der Waals surface area (Å²) in [7, 11) is 0. The summed E-state index contributed by atoms with van der Waals surface area (Å²) in [4.78, 5) is 14.9. The van der Waals surface area contributed by atoms with Crippen molar-refractivity contribution < 1.29 is 4.79 Å². The lowest BCUT2D eigenvalue weighted by Crippen LogP contribution is -2.46. The molecule has 1 saturated carbocycles. The predicted octanol–water partition coefficient (Wildman–Crippen LogP) is 2.84. The lowest BCUT2D eigenvalue weighted by molar-refractivity contribution is -0.137. The lowest BCUT2D eigenvalue weighted by atomic mass is 9.79. The molecule has 2 saturated heterocycles. The molecule has 2 unspecified atom stereocenters. The van der Waals surface area contributed by atoms with Crippen LogP contribution < -0.4 is 5.32 Å². The highest BCUT2D eigenvalue weighted by atomic mass is 35.5. The minimum Gasteiger partial charge on any atom is -0.342 e. The SMILES string of the molecule is CCC1(C)CCCN(C(=O)C2CC23CCNCC3)C1.Cl. The minimum atomic E-state index is 0. The zero-order valence-corrected chi connectivity index (χ0v) is 13.7. The van der Waals surface area contributed by atoms with Crippen molar-refractivity contribution in [2.24, 2.45) is 16.7 Å².